The second-order valence-corrected chi connectivity index (χ2v) is 9.12. The third-order valence-electron chi connectivity index (χ3n) is 5.84. The maximum Gasteiger partial charge on any atom is 0.254 e. The van der Waals surface area contributed by atoms with Gasteiger partial charge >= 0.3 is 0 Å². The van der Waals surface area contributed by atoms with Crippen LogP contribution in [-0.2, 0) is 4.79 Å². The molecular weight excluding hydrogens is 368 g/mol. The number of nitrogens with zero attached hydrogens (tertiary/aromatic N) is 1. The Labute approximate surface area is 173 Å². The van der Waals surface area contributed by atoms with Crippen molar-refractivity contribution in [3.63, 3.8) is 0 Å². The van der Waals surface area contributed by atoms with Gasteiger partial charge in [-0.25, -0.2) is 0 Å². The highest BCUT2D eigenvalue weighted by Gasteiger charge is 2.21. The largest absolute Gasteiger partial charge is 0.353 e. The number of hydrogen-bond donors (Lipinski definition) is 1. The van der Waals surface area contributed by atoms with E-state index in [1.54, 1.807) is 0 Å². The normalized spacial score (nSPS) is 19.4. The third-order valence-corrected chi connectivity index (χ3v) is 6.91. The van der Waals surface area contributed by atoms with E-state index in [0.717, 1.165) is 49.2 Å². The van der Waals surface area contributed by atoms with Crippen LogP contribution in [0.1, 0.15) is 81.0 Å². The number of hydrogen-bond acceptors (Lipinski definition) is 3. The van der Waals surface area contributed by atoms with Gasteiger partial charge in [0, 0.05) is 24.0 Å². The van der Waals surface area contributed by atoms with E-state index in [1.807, 2.05) is 29.2 Å². The average molecular weight is 403 g/mol. The molecule has 1 saturated heterocycles. The minimum Gasteiger partial charge on any atom is -0.353 e. The highest BCUT2D eigenvalue weighted by atomic mass is 32.2. The van der Waals surface area contributed by atoms with Crippen LogP contribution in [0.5, 0.6) is 0 Å². The minimum atomic E-state index is 0.0904. The van der Waals surface area contributed by atoms with Gasteiger partial charge in [0.2, 0.25) is 5.91 Å². The summed E-state index contributed by atoms with van der Waals surface area (Å²) >= 11 is 1.49. The molecule has 0 atom stereocenters. The predicted molar refractivity (Wildman–Crippen MR) is 116 cm³/mol. The molecular formula is C23H34N2O2S. The summed E-state index contributed by atoms with van der Waals surface area (Å²) in [4.78, 5) is 28.4. The lowest BCUT2D eigenvalue weighted by Gasteiger charge is -2.22. The van der Waals surface area contributed by atoms with Crippen LogP contribution in [0.15, 0.2) is 29.2 Å². The Morgan fingerprint density at radius 3 is 2.21 bits per heavy atom. The van der Waals surface area contributed by atoms with Crippen molar-refractivity contribution >= 4 is 23.6 Å². The second-order valence-electron chi connectivity index (χ2n) is 8.10. The number of rotatable bonds is 5. The zero-order valence-corrected chi connectivity index (χ0v) is 17.8. The molecule has 2 aliphatic rings. The van der Waals surface area contributed by atoms with Crippen molar-refractivity contribution in [2.24, 2.45) is 0 Å². The van der Waals surface area contributed by atoms with Gasteiger partial charge in [0.05, 0.1) is 11.3 Å². The van der Waals surface area contributed by atoms with Crippen molar-refractivity contribution in [3.05, 3.63) is 29.8 Å². The summed E-state index contributed by atoms with van der Waals surface area (Å²) in [6.45, 7) is 1.69. The summed E-state index contributed by atoms with van der Waals surface area (Å²) in [5, 5.41) is 3.22. The van der Waals surface area contributed by atoms with Gasteiger partial charge < -0.3 is 10.2 Å². The number of carbonyl (C=O) groups is 2. The fourth-order valence-electron chi connectivity index (χ4n) is 4.23. The third kappa shape index (κ3) is 6.54. The molecule has 1 aromatic carbocycles. The van der Waals surface area contributed by atoms with E-state index >= 15 is 0 Å². The highest BCUT2D eigenvalue weighted by molar-refractivity contribution is 8.00. The molecule has 0 spiro atoms. The quantitative estimate of drug-likeness (QED) is 0.703. The predicted octanol–water partition coefficient (Wildman–Crippen LogP) is 5.02. The molecule has 1 aliphatic heterocycles. The summed E-state index contributed by atoms with van der Waals surface area (Å²) in [5.41, 5.74) is 0.744. The molecule has 2 amide bonds. The van der Waals surface area contributed by atoms with Crippen molar-refractivity contribution in [2.75, 3.05) is 18.8 Å². The van der Waals surface area contributed by atoms with Crippen LogP contribution in [0, 0.1) is 0 Å². The molecule has 3 rings (SSSR count). The molecule has 2 fully saturated rings. The number of likely N-dealkylation sites (tertiary alicyclic amines) is 1. The first-order valence-corrected chi connectivity index (χ1v) is 12.0. The lowest BCUT2D eigenvalue weighted by molar-refractivity contribution is -0.119. The molecule has 1 heterocycles. The van der Waals surface area contributed by atoms with Gasteiger partial charge in [-0.3, -0.25) is 9.59 Å². The van der Waals surface area contributed by atoms with E-state index in [4.69, 9.17) is 0 Å². The van der Waals surface area contributed by atoms with Gasteiger partial charge in [-0.2, -0.15) is 0 Å². The Hall–Kier alpha value is -1.49. The number of carbonyl (C=O) groups excluding carboxylic acids is 2. The van der Waals surface area contributed by atoms with Gasteiger partial charge in [0.25, 0.3) is 5.91 Å². The maximum atomic E-state index is 13.0. The smallest absolute Gasteiger partial charge is 0.254 e. The van der Waals surface area contributed by atoms with E-state index in [1.165, 1.54) is 56.7 Å². The van der Waals surface area contributed by atoms with Gasteiger partial charge in [-0.05, 0) is 37.8 Å². The Bertz CT molecular complexity index is 633. The fraction of sp³-hybridized carbons (Fsp3) is 0.652. The summed E-state index contributed by atoms with van der Waals surface area (Å²) < 4.78 is 0. The van der Waals surface area contributed by atoms with Gasteiger partial charge in [-0.1, -0.05) is 57.1 Å². The minimum absolute atomic E-state index is 0.0904. The van der Waals surface area contributed by atoms with Gasteiger partial charge in [0.1, 0.15) is 0 Å². The van der Waals surface area contributed by atoms with Crippen molar-refractivity contribution in [2.45, 2.75) is 81.6 Å². The Morgan fingerprint density at radius 1 is 0.893 bits per heavy atom. The van der Waals surface area contributed by atoms with Crippen molar-refractivity contribution < 1.29 is 9.59 Å². The topological polar surface area (TPSA) is 49.4 Å². The molecule has 0 radical (unpaired) electrons. The molecule has 4 nitrogen and oxygen atoms in total. The van der Waals surface area contributed by atoms with Crippen molar-refractivity contribution in [1.29, 1.82) is 0 Å². The van der Waals surface area contributed by atoms with E-state index < -0.39 is 0 Å². The lowest BCUT2D eigenvalue weighted by Crippen LogP contribution is -2.36. The Kier molecular flexibility index (Phi) is 8.71. The van der Waals surface area contributed by atoms with Crippen LogP contribution >= 0.6 is 11.8 Å². The first-order chi connectivity index (χ1) is 13.7. The summed E-state index contributed by atoms with van der Waals surface area (Å²) in [7, 11) is 0. The molecule has 1 saturated carbocycles. The van der Waals surface area contributed by atoms with Crippen LogP contribution in [0.25, 0.3) is 0 Å². The molecule has 1 aromatic rings. The van der Waals surface area contributed by atoms with E-state index in [2.05, 4.69) is 5.32 Å². The van der Waals surface area contributed by atoms with Crippen LogP contribution in [0.4, 0.5) is 0 Å². The molecule has 5 heteroatoms. The first kappa shape index (κ1) is 21.2. The number of amides is 2. The average Bonchev–Trinajstić information content (AvgIpc) is 2.97. The highest BCUT2D eigenvalue weighted by Crippen LogP contribution is 2.25. The van der Waals surface area contributed by atoms with Gasteiger partial charge in [-0.15, -0.1) is 11.8 Å². The SMILES string of the molecule is O=C(CSc1ccccc1C(=O)N1CCCCCC1)NC1CCCCCCC1. The number of thioether (sulfide) groups is 1. The Morgan fingerprint density at radius 2 is 1.50 bits per heavy atom. The monoisotopic (exact) mass is 402 g/mol. The van der Waals surface area contributed by atoms with Gasteiger partial charge in [0.15, 0.2) is 0 Å². The number of nitrogens with one attached hydrogen (secondary N) is 1. The number of benzene rings is 1. The van der Waals surface area contributed by atoms with Crippen molar-refractivity contribution in [1.82, 2.24) is 10.2 Å². The maximum absolute atomic E-state index is 13.0. The van der Waals surface area contributed by atoms with Crippen LogP contribution in [0.2, 0.25) is 0 Å². The fourth-order valence-corrected chi connectivity index (χ4v) is 5.08. The molecule has 0 bridgehead atoms. The first-order valence-electron chi connectivity index (χ1n) is 11.0. The standard InChI is InChI=1S/C23H34N2O2S/c26-22(24-19-12-6-2-1-3-7-13-19)18-28-21-15-9-8-14-20(21)23(27)25-16-10-4-5-11-17-25/h8-9,14-15,19H,1-7,10-13,16-18H2,(H,24,26). The lowest BCUT2D eigenvalue weighted by atomic mass is 9.97. The zero-order chi connectivity index (χ0) is 19.6. The molecule has 1 aliphatic carbocycles. The Balaban J connectivity index is 1.55. The van der Waals surface area contributed by atoms with E-state index in [-0.39, 0.29) is 11.8 Å². The molecule has 154 valence electrons. The van der Waals surface area contributed by atoms with E-state index in [9.17, 15) is 9.59 Å². The van der Waals surface area contributed by atoms with Crippen LogP contribution in [0.3, 0.4) is 0 Å². The zero-order valence-electron chi connectivity index (χ0n) is 17.0. The molecule has 1 N–H and O–H groups in total. The molecule has 0 unspecified atom stereocenters. The van der Waals surface area contributed by atoms with Crippen LogP contribution in [-0.4, -0.2) is 41.6 Å². The second kappa shape index (κ2) is 11.5. The molecule has 0 aromatic heterocycles. The van der Waals surface area contributed by atoms with Crippen LogP contribution < -0.4 is 5.32 Å². The summed E-state index contributed by atoms with van der Waals surface area (Å²) in [5.74, 6) is 0.582. The van der Waals surface area contributed by atoms with E-state index in [0.29, 0.717) is 11.8 Å². The summed E-state index contributed by atoms with van der Waals surface area (Å²) in [6, 6.07) is 8.07. The summed E-state index contributed by atoms with van der Waals surface area (Å²) in [6.07, 6.45) is 13.1. The van der Waals surface area contributed by atoms with Crippen molar-refractivity contribution in [3.8, 4) is 0 Å². The molecule has 28 heavy (non-hydrogen) atoms.